The van der Waals surface area contributed by atoms with E-state index in [1.54, 1.807) is 19.4 Å². The molecule has 0 unspecified atom stereocenters. The topological polar surface area (TPSA) is 46.2 Å². The predicted molar refractivity (Wildman–Crippen MR) is 79.7 cm³/mol. The molecule has 2 N–H and O–H groups in total. The van der Waals surface area contributed by atoms with Crippen molar-refractivity contribution in [1.29, 1.82) is 0 Å². The average molecular weight is 278 g/mol. The molecule has 1 heterocycles. The van der Waals surface area contributed by atoms with Crippen LogP contribution in [0.4, 0.5) is 17.2 Å². The molecule has 0 amide bonds. The smallest absolute Gasteiger partial charge is 0.139 e. The zero-order valence-electron chi connectivity index (χ0n) is 10.9. The second kappa shape index (κ2) is 6.29. The minimum Gasteiger partial charge on any atom is -0.495 e. The summed E-state index contributed by atoms with van der Waals surface area (Å²) in [7, 11) is 1.60. The van der Waals surface area contributed by atoms with Crippen LogP contribution in [0.5, 0.6) is 5.75 Å². The van der Waals surface area contributed by atoms with Crippen LogP contribution in [-0.2, 0) is 0 Å². The Morgan fingerprint density at radius 1 is 1.21 bits per heavy atom. The van der Waals surface area contributed by atoms with Crippen molar-refractivity contribution in [3.8, 4) is 5.75 Å². The van der Waals surface area contributed by atoms with Gasteiger partial charge in [0.15, 0.2) is 0 Å². The number of aromatic nitrogens is 1. The van der Waals surface area contributed by atoms with Gasteiger partial charge in [-0.1, -0.05) is 11.6 Å². The fraction of sp³-hybridized carbons (Fsp3) is 0.214. The summed E-state index contributed by atoms with van der Waals surface area (Å²) < 4.78 is 5.19. The van der Waals surface area contributed by atoms with Crippen molar-refractivity contribution in [3.63, 3.8) is 0 Å². The number of hydrogen-bond acceptors (Lipinski definition) is 4. The van der Waals surface area contributed by atoms with Crippen molar-refractivity contribution in [1.82, 2.24) is 4.98 Å². The van der Waals surface area contributed by atoms with E-state index in [2.05, 4.69) is 15.6 Å². The van der Waals surface area contributed by atoms with Crippen molar-refractivity contribution in [2.24, 2.45) is 0 Å². The molecule has 1 aromatic carbocycles. The molecule has 0 bridgehead atoms. The Kier molecular flexibility index (Phi) is 4.47. The van der Waals surface area contributed by atoms with Crippen LogP contribution in [0.25, 0.3) is 0 Å². The molecule has 100 valence electrons. The van der Waals surface area contributed by atoms with Gasteiger partial charge in [0.2, 0.25) is 0 Å². The van der Waals surface area contributed by atoms with Gasteiger partial charge in [0.25, 0.3) is 0 Å². The van der Waals surface area contributed by atoms with Gasteiger partial charge in [0.05, 0.1) is 12.1 Å². The lowest BCUT2D eigenvalue weighted by molar-refractivity contribution is 0.415. The maximum Gasteiger partial charge on any atom is 0.139 e. The molecule has 0 aliphatic heterocycles. The van der Waals surface area contributed by atoms with E-state index in [4.69, 9.17) is 16.3 Å². The fourth-order valence-corrected chi connectivity index (χ4v) is 1.89. The minimum absolute atomic E-state index is 0.594. The molecular weight excluding hydrogens is 262 g/mol. The van der Waals surface area contributed by atoms with Gasteiger partial charge in [-0.2, -0.15) is 0 Å². The van der Waals surface area contributed by atoms with Crippen LogP contribution in [0.15, 0.2) is 36.5 Å². The monoisotopic (exact) mass is 277 g/mol. The van der Waals surface area contributed by atoms with Crippen LogP contribution in [0.2, 0.25) is 5.02 Å². The molecule has 0 saturated carbocycles. The highest BCUT2D eigenvalue weighted by Gasteiger charge is 2.03. The van der Waals surface area contributed by atoms with Gasteiger partial charge < -0.3 is 15.4 Å². The first kappa shape index (κ1) is 13.5. The van der Waals surface area contributed by atoms with Gasteiger partial charge in [-0.15, -0.1) is 0 Å². The number of rotatable bonds is 5. The lowest BCUT2D eigenvalue weighted by atomic mass is 10.2. The largest absolute Gasteiger partial charge is 0.495 e. The first-order valence-corrected chi connectivity index (χ1v) is 6.41. The Bertz CT molecular complexity index is 560. The molecule has 4 nitrogen and oxygen atoms in total. The molecule has 1 aromatic heterocycles. The van der Waals surface area contributed by atoms with Crippen LogP contribution < -0.4 is 15.4 Å². The number of nitrogens with zero attached hydrogens (tertiary/aromatic N) is 1. The first-order chi connectivity index (χ1) is 9.22. The van der Waals surface area contributed by atoms with E-state index in [1.807, 2.05) is 31.2 Å². The van der Waals surface area contributed by atoms with E-state index < -0.39 is 0 Å². The standard InChI is InChI=1S/C14H16ClN3O/c1-3-16-14-9-11(6-7-17-14)18-10-4-5-12(15)13(8-10)19-2/h4-9H,3H2,1-2H3,(H2,16,17,18). The summed E-state index contributed by atoms with van der Waals surface area (Å²) in [6.07, 6.45) is 1.76. The normalized spacial score (nSPS) is 10.1. The molecule has 2 aromatic rings. The third-order valence-corrected chi connectivity index (χ3v) is 2.87. The van der Waals surface area contributed by atoms with E-state index in [1.165, 1.54) is 0 Å². The molecule has 0 spiro atoms. The summed E-state index contributed by atoms with van der Waals surface area (Å²) in [5.41, 5.74) is 1.87. The minimum atomic E-state index is 0.594. The molecule has 19 heavy (non-hydrogen) atoms. The zero-order valence-corrected chi connectivity index (χ0v) is 11.7. The maximum atomic E-state index is 5.99. The van der Waals surface area contributed by atoms with Gasteiger partial charge in [-0.3, -0.25) is 0 Å². The Labute approximate surface area is 117 Å². The van der Waals surface area contributed by atoms with E-state index in [9.17, 15) is 0 Å². The number of benzene rings is 1. The average Bonchev–Trinajstić information content (AvgIpc) is 2.42. The fourth-order valence-electron chi connectivity index (χ4n) is 1.69. The molecular formula is C14H16ClN3O. The number of anilines is 3. The summed E-state index contributed by atoms with van der Waals surface area (Å²) in [6.45, 7) is 2.87. The number of hydrogen-bond donors (Lipinski definition) is 2. The van der Waals surface area contributed by atoms with Gasteiger partial charge in [-0.05, 0) is 25.1 Å². The number of halogens is 1. The summed E-state index contributed by atoms with van der Waals surface area (Å²) in [6, 6.07) is 9.41. The maximum absolute atomic E-state index is 5.99. The summed E-state index contributed by atoms with van der Waals surface area (Å²) in [5, 5.41) is 7.05. The molecule has 2 rings (SSSR count). The molecule has 0 atom stereocenters. The number of pyridine rings is 1. The van der Waals surface area contributed by atoms with Crippen molar-refractivity contribution >= 4 is 28.8 Å². The van der Waals surface area contributed by atoms with E-state index in [0.29, 0.717) is 10.8 Å². The highest BCUT2D eigenvalue weighted by molar-refractivity contribution is 6.32. The van der Waals surface area contributed by atoms with Gasteiger partial charge in [0, 0.05) is 36.2 Å². The third kappa shape index (κ3) is 3.51. The van der Waals surface area contributed by atoms with Gasteiger partial charge >= 0.3 is 0 Å². The molecule has 0 saturated heterocycles. The molecule has 0 fully saturated rings. The second-order valence-electron chi connectivity index (χ2n) is 3.93. The molecule has 0 aliphatic rings. The predicted octanol–water partition coefficient (Wildman–Crippen LogP) is 3.92. The van der Waals surface area contributed by atoms with Crippen LogP contribution in [-0.4, -0.2) is 18.6 Å². The number of nitrogens with one attached hydrogen (secondary N) is 2. The quantitative estimate of drug-likeness (QED) is 0.870. The Morgan fingerprint density at radius 3 is 2.74 bits per heavy atom. The Balaban J connectivity index is 2.18. The molecule has 0 aliphatic carbocycles. The lowest BCUT2D eigenvalue weighted by Crippen LogP contribution is -2.00. The first-order valence-electron chi connectivity index (χ1n) is 6.03. The summed E-state index contributed by atoms with van der Waals surface area (Å²) in [5.74, 6) is 1.49. The molecule has 0 radical (unpaired) electrons. The van der Waals surface area contributed by atoms with Crippen LogP contribution >= 0.6 is 11.6 Å². The van der Waals surface area contributed by atoms with Crippen LogP contribution in [0.3, 0.4) is 0 Å². The van der Waals surface area contributed by atoms with Gasteiger partial charge in [-0.25, -0.2) is 4.98 Å². The highest BCUT2D eigenvalue weighted by atomic mass is 35.5. The Morgan fingerprint density at radius 2 is 2.00 bits per heavy atom. The van der Waals surface area contributed by atoms with Crippen molar-refractivity contribution in [2.45, 2.75) is 6.92 Å². The Hall–Kier alpha value is -1.94. The van der Waals surface area contributed by atoms with Crippen molar-refractivity contribution in [3.05, 3.63) is 41.6 Å². The van der Waals surface area contributed by atoms with E-state index >= 15 is 0 Å². The SMILES string of the molecule is CCNc1cc(Nc2ccc(Cl)c(OC)c2)ccn1. The van der Waals surface area contributed by atoms with Gasteiger partial charge in [0.1, 0.15) is 11.6 Å². The zero-order chi connectivity index (χ0) is 13.7. The molecule has 5 heteroatoms. The summed E-state index contributed by atoms with van der Waals surface area (Å²) >= 11 is 5.99. The van der Waals surface area contributed by atoms with E-state index in [0.717, 1.165) is 23.7 Å². The van der Waals surface area contributed by atoms with Crippen LogP contribution in [0, 0.1) is 0 Å². The van der Waals surface area contributed by atoms with E-state index in [-0.39, 0.29) is 0 Å². The van der Waals surface area contributed by atoms with Crippen molar-refractivity contribution < 1.29 is 4.74 Å². The lowest BCUT2D eigenvalue weighted by Gasteiger charge is -2.10. The number of methoxy groups -OCH3 is 1. The van der Waals surface area contributed by atoms with Crippen molar-refractivity contribution in [2.75, 3.05) is 24.3 Å². The number of ether oxygens (including phenoxy) is 1. The second-order valence-corrected chi connectivity index (χ2v) is 4.34. The highest BCUT2D eigenvalue weighted by Crippen LogP contribution is 2.29. The third-order valence-electron chi connectivity index (χ3n) is 2.56. The van der Waals surface area contributed by atoms with Crippen LogP contribution in [0.1, 0.15) is 6.92 Å². The summed E-state index contributed by atoms with van der Waals surface area (Å²) in [4.78, 5) is 4.22.